The van der Waals surface area contributed by atoms with Crippen LogP contribution in [0, 0.1) is 0 Å². The predicted molar refractivity (Wildman–Crippen MR) is 107 cm³/mol. The van der Waals surface area contributed by atoms with Crippen molar-refractivity contribution in [3.05, 3.63) is 70.4 Å². The molecule has 5 nitrogen and oxygen atoms in total. The fraction of sp³-hybridized carbons (Fsp3) is 0.238. The van der Waals surface area contributed by atoms with Crippen molar-refractivity contribution >= 4 is 34.6 Å². The zero-order chi connectivity index (χ0) is 19.1. The summed E-state index contributed by atoms with van der Waals surface area (Å²) in [5.41, 5.74) is 3.86. The van der Waals surface area contributed by atoms with Crippen molar-refractivity contribution in [2.45, 2.75) is 32.9 Å². The molecule has 138 valence electrons. The minimum atomic E-state index is -0.423. The number of nitrogens with zero attached hydrogens (tertiary/aromatic N) is 2. The van der Waals surface area contributed by atoms with Crippen molar-refractivity contribution in [3.63, 3.8) is 0 Å². The molecule has 3 aromatic rings. The molecule has 2 aromatic carbocycles. The molecule has 6 heteroatoms. The van der Waals surface area contributed by atoms with E-state index in [4.69, 9.17) is 16.3 Å². The third-order valence-electron chi connectivity index (χ3n) is 4.59. The normalized spacial score (nSPS) is 16.4. The largest absolute Gasteiger partial charge is 0.459 e. The second-order valence-electron chi connectivity index (χ2n) is 6.84. The molecule has 0 aliphatic carbocycles. The quantitative estimate of drug-likeness (QED) is 0.653. The van der Waals surface area contributed by atoms with Crippen molar-refractivity contribution in [3.8, 4) is 0 Å². The fourth-order valence-electron chi connectivity index (χ4n) is 3.50. The van der Waals surface area contributed by atoms with E-state index in [2.05, 4.69) is 10.3 Å². The number of para-hydroxylation sites is 2. The van der Waals surface area contributed by atoms with E-state index in [1.165, 1.54) is 0 Å². The number of anilines is 1. The van der Waals surface area contributed by atoms with Crippen LogP contribution < -0.4 is 5.32 Å². The van der Waals surface area contributed by atoms with Crippen molar-refractivity contribution in [2.75, 3.05) is 5.32 Å². The first-order valence-electron chi connectivity index (χ1n) is 8.87. The molecule has 0 spiro atoms. The van der Waals surface area contributed by atoms with Crippen LogP contribution in [0.1, 0.15) is 32.4 Å². The van der Waals surface area contributed by atoms with E-state index in [9.17, 15) is 4.79 Å². The summed E-state index contributed by atoms with van der Waals surface area (Å²) in [5.74, 6) is 0.322. The Morgan fingerprint density at radius 1 is 1.19 bits per heavy atom. The molecule has 1 unspecified atom stereocenters. The molecule has 0 saturated heterocycles. The number of nitrogens with one attached hydrogen (secondary N) is 1. The van der Waals surface area contributed by atoms with Crippen LogP contribution in [0.25, 0.3) is 11.0 Å². The Labute approximate surface area is 162 Å². The van der Waals surface area contributed by atoms with Gasteiger partial charge in [-0.25, -0.2) is 9.78 Å². The highest BCUT2D eigenvalue weighted by atomic mass is 35.5. The first-order valence-corrected chi connectivity index (χ1v) is 9.25. The predicted octanol–water partition coefficient (Wildman–Crippen LogP) is 4.93. The number of carbonyl (C=O) groups excluding carboxylic acids is 1. The van der Waals surface area contributed by atoms with E-state index in [0.29, 0.717) is 22.2 Å². The lowest BCUT2D eigenvalue weighted by Gasteiger charge is -2.31. The number of carbonyl (C=O) groups is 1. The van der Waals surface area contributed by atoms with Gasteiger partial charge in [0.1, 0.15) is 0 Å². The highest BCUT2D eigenvalue weighted by Gasteiger charge is 2.36. The van der Waals surface area contributed by atoms with Crippen LogP contribution in [0.2, 0.25) is 5.02 Å². The molecule has 2 heterocycles. The minimum Gasteiger partial charge on any atom is -0.459 e. The van der Waals surface area contributed by atoms with Gasteiger partial charge in [0.2, 0.25) is 5.95 Å². The summed E-state index contributed by atoms with van der Waals surface area (Å²) in [5, 5.41) is 3.85. The fourth-order valence-corrected chi connectivity index (χ4v) is 3.74. The standard InChI is InChI=1S/C21H20ClN3O2/c1-12(2)27-20(26)18-13(3)23-21-24-16-10-6-7-11-17(16)25(21)19(18)14-8-4-5-9-15(14)22/h4-12,19H,1-3H3,(H,23,24). The second-order valence-corrected chi connectivity index (χ2v) is 7.24. The SMILES string of the molecule is CC1=C(C(=O)OC(C)C)C(c2ccccc2Cl)n2c(nc3ccccc32)N1. The Hall–Kier alpha value is -2.79. The molecule has 1 aliphatic rings. The molecule has 27 heavy (non-hydrogen) atoms. The Morgan fingerprint density at radius 2 is 1.89 bits per heavy atom. The number of allylic oxidation sites excluding steroid dienone is 1. The number of esters is 1. The van der Waals surface area contributed by atoms with Gasteiger partial charge in [0.25, 0.3) is 0 Å². The molecular weight excluding hydrogens is 362 g/mol. The van der Waals surface area contributed by atoms with Gasteiger partial charge in [0.05, 0.1) is 28.8 Å². The van der Waals surface area contributed by atoms with Crippen LogP contribution in [0.5, 0.6) is 0 Å². The van der Waals surface area contributed by atoms with Crippen LogP contribution in [0.15, 0.2) is 59.8 Å². The average molecular weight is 382 g/mol. The summed E-state index contributed by atoms with van der Waals surface area (Å²) < 4.78 is 7.56. The summed E-state index contributed by atoms with van der Waals surface area (Å²) in [6.07, 6.45) is -0.217. The third-order valence-corrected chi connectivity index (χ3v) is 4.94. The average Bonchev–Trinajstić information content (AvgIpc) is 2.98. The van der Waals surface area contributed by atoms with E-state index in [0.717, 1.165) is 16.6 Å². The number of ether oxygens (including phenoxy) is 1. The number of hydrogen-bond donors (Lipinski definition) is 1. The number of aromatic nitrogens is 2. The number of fused-ring (bicyclic) bond motifs is 3. The van der Waals surface area contributed by atoms with E-state index in [-0.39, 0.29) is 12.1 Å². The summed E-state index contributed by atoms with van der Waals surface area (Å²) in [4.78, 5) is 17.7. The van der Waals surface area contributed by atoms with Gasteiger partial charge in [-0.2, -0.15) is 0 Å². The third kappa shape index (κ3) is 2.98. The van der Waals surface area contributed by atoms with Crippen LogP contribution >= 0.6 is 11.6 Å². The molecule has 0 fully saturated rings. The molecule has 1 aliphatic heterocycles. The Morgan fingerprint density at radius 3 is 2.63 bits per heavy atom. The number of benzene rings is 2. The van der Waals surface area contributed by atoms with Crippen LogP contribution in [-0.2, 0) is 9.53 Å². The van der Waals surface area contributed by atoms with Gasteiger partial charge in [-0.1, -0.05) is 41.9 Å². The Kier molecular flexibility index (Phi) is 4.40. The summed E-state index contributed by atoms with van der Waals surface area (Å²) in [6.45, 7) is 5.54. The topological polar surface area (TPSA) is 56.2 Å². The number of rotatable bonds is 3. The molecular formula is C21H20ClN3O2. The molecule has 1 atom stereocenters. The van der Waals surface area contributed by atoms with Crippen molar-refractivity contribution in [2.24, 2.45) is 0 Å². The van der Waals surface area contributed by atoms with Gasteiger partial charge in [-0.3, -0.25) is 4.57 Å². The Balaban J connectivity index is 1.99. The van der Waals surface area contributed by atoms with Gasteiger partial charge >= 0.3 is 5.97 Å². The van der Waals surface area contributed by atoms with Crippen molar-refractivity contribution < 1.29 is 9.53 Å². The molecule has 0 bridgehead atoms. The maximum Gasteiger partial charge on any atom is 0.338 e. The molecule has 0 radical (unpaired) electrons. The number of imidazole rings is 1. The molecule has 0 amide bonds. The van der Waals surface area contributed by atoms with E-state index < -0.39 is 6.04 Å². The summed E-state index contributed by atoms with van der Waals surface area (Å²) in [6, 6.07) is 15.0. The first-order chi connectivity index (χ1) is 13.0. The highest BCUT2D eigenvalue weighted by Crippen LogP contribution is 2.41. The minimum absolute atomic E-state index is 0.217. The second kappa shape index (κ2) is 6.74. The van der Waals surface area contributed by atoms with Crippen LogP contribution in [-0.4, -0.2) is 21.6 Å². The van der Waals surface area contributed by atoms with E-state index in [1.807, 2.05) is 73.9 Å². The van der Waals surface area contributed by atoms with Crippen LogP contribution in [0.3, 0.4) is 0 Å². The number of halogens is 1. The van der Waals surface area contributed by atoms with Gasteiger partial charge in [-0.05, 0) is 44.5 Å². The van der Waals surface area contributed by atoms with Gasteiger partial charge in [0.15, 0.2) is 0 Å². The lowest BCUT2D eigenvalue weighted by atomic mass is 9.95. The maximum absolute atomic E-state index is 13.0. The van der Waals surface area contributed by atoms with Crippen molar-refractivity contribution in [1.82, 2.24) is 9.55 Å². The van der Waals surface area contributed by atoms with Gasteiger partial charge in [-0.15, -0.1) is 0 Å². The lowest BCUT2D eigenvalue weighted by Crippen LogP contribution is -2.30. The molecule has 1 aromatic heterocycles. The monoisotopic (exact) mass is 381 g/mol. The summed E-state index contributed by atoms with van der Waals surface area (Å²) in [7, 11) is 0. The van der Waals surface area contributed by atoms with E-state index in [1.54, 1.807) is 0 Å². The first kappa shape index (κ1) is 17.6. The smallest absolute Gasteiger partial charge is 0.338 e. The van der Waals surface area contributed by atoms with Crippen molar-refractivity contribution in [1.29, 1.82) is 0 Å². The zero-order valence-corrected chi connectivity index (χ0v) is 16.1. The molecule has 0 saturated carbocycles. The lowest BCUT2D eigenvalue weighted by molar-refractivity contribution is -0.143. The highest BCUT2D eigenvalue weighted by molar-refractivity contribution is 6.31. The maximum atomic E-state index is 13.0. The zero-order valence-electron chi connectivity index (χ0n) is 15.4. The molecule has 4 rings (SSSR count). The number of hydrogen-bond acceptors (Lipinski definition) is 4. The van der Waals surface area contributed by atoms with Crippen LogP contribution in [0.4, 0.5) is 5.95 Å². The van der Waals surface area contributed by atoms with Gasteiger partial charge in [0, 0.05) is 10.7 Å². The summed E-state index contributed by atoms with van der Waals surface area (Å²) >= 11 is 6.54. The Bertz CT molecular complexity index is 1070. The van der Waals surface area contributed by atoms with E-state index >= 15 is 0 Å². The van der Waals surface area contributed by atoms with Gasteiger partial charge < -0.3 is 10.1 Å². The molecule has 1 N–H and O–H groups in total.